The topological polar surface area (TPSA) is 9.23 Å². The molecule has 2 aliphatic rings. The molecule has 0 saturated heterocycles. The largest absolute Gasteiger partial charge is 2.00 e. The van der Waals surface area contributed by atoms with Gasteiger partial charge in [0.25, 0.3) is 0 Å². The van der Waals surface area contributed by atoms with Gasteiger partial charge in [-0.2, -0.15) is 0 Å². The van der Waals surface area contributed by atoms with Crippen LogP contribution in [0.1, 0.15) is 94.6 Å². The Morgan fingerprint density at radius 3 is 1.18 bits per heavy atom. The molecule has 4 heteroatoms. The van der Waals surface area contributed by atoms with Gasteiger partial charge in [-0.1, -0.05) is 36.1 Å². The van der Waals surface area contributed by atoms with Crippen LogP contribution >= 0.6 is 0 Å². The van der Waals surface area contributed by atoms with Crippen LogP contribution in [0.15, 0.2) is 61.6 Å². The van der Waals surface area contributed by atoms with Crippen molar-refractivity contribution in [1.82, 2.24) is 0 Å². The van der Waals surface area contributed by atoms with E-state index in [0.29, 0.717) is 5.92 Å². The first-order chi connectivity index (χ1) is 15.2. The third kappa shape index (κ3) is 7.47. The second-order valence-corrected chi connectivity index (χ2v) is 10.7. The first-order valence-electron chi connectivity index (χ1n) is 11.6. The van der Waals surface area contributed by atoms with Crippen LogP contribution in [0.25, 0.3) is 0 Å². The molecule has 0 unspecified atom stereocenters. The fourth-order valence-corrected chi connectivity index (χ4v) is 4.96. The number of allylic oxidation sites excluding steroid dienone is 8. The molecule has 184 valence electrons. The molecule has 0 N–H and O–H groups in total. The first kappa shape index (κ1) is 33.4. The summed E-state index contributed by atoms with van der Waals surface area (Å²) >= 11 is 8.27. The summed E-state index contributed by atoms with van der Waals surface area (Å²) in [7, 11) is 1.65. The van der Waals surface area contributed by atoms with Gasteiger partial charge in [0.05, 0.1) is 0 Å². The predicted molar refractivity (Wildman–Crippen MR) is 149 cm³/mol. The van der Waals surface area contributed by atoms with E-state index in [1.54, 1.807) is 7.11 Å². The van der Waals surface area contributed by atoms with Crippen molar-refractivity contribution in [3.8, 4) is 5.75 Å². The van der Waals surface area contributed by atoms with Crippen LogP contribution in [0.3, 0.4) is 0 Å². The summed E-state index contributed by atoms with van der Waals surface area (Å²) in [4.78, 5) is 0.884. The Hall–Kier alpha value is -0.566. The van der Waals surface area contributed by atoms with Gasteiger partial charge in [0.2, 0.25) is 0 Å². The molecule has 0 aromatic heterocycles. The van der Waals surface area contributed by atoms with Crippen molar-refractivity contribution in [2.24, 2.45) is 0 Å². The van der Waals surface area contributed by atoms with Gasteiger partial charge in [-0.3, -0.25) is 0 Å². The molecule has 0 aliphatic heterocycles. The van der Waals surface area contributed by atoms with Crippen molar-refractivity contribution < 1.29 is 26.5 Å². The molecule has 34 heavy (non-hydrogen) atoms. The maximum atomic E-state index is 5.31. The second-order valence-electron chi connectivity index (χ2n) is 9.42. The van der Waals surface area contributed by atoms with Crippen molar-refractivity contribution in [3.63, 3.8) is 0 Å². The van der Waals surface area contributed by atoms with Crippen LogP contribution in [0, 0.1) is 11.8 Å². The van der Waals surface area contributed by atoms with E-state index in [9.17, 15) is 0 Å². The van der Waals surface area contributed by atoms with E-state index in [-0.39, 0.29) is 21.7 Å². The van der Waals surface area contributed by atoms with Gasteiger partial charge in [-0.25, -0.2) is 0 Å². The number of hydrogen-bond donors (Lipinski definition) is 0. The Morgan fingerprint density at radius 2 is 0.971 bits per heavy atom. The van der Waals surface area contributed by atoms with Crippen LogP contribution < -0.4 is 9.20 Å². The third-order valence-corrected chi connectivity index (χ3v) is 9.16. The molecule has 1 aromatic carbocycles. The number of hydrogen-bond acceptors (Lipinski definition) is 2. The van der Waals surface area contributed by atoms with Crippen LogP contribution in [0.5, 0.6) is 5.75 Å². The number of methoxy groups -OCH3 is 1. The van der Waals surface area contributed by atoms with Gasteiger partial charge in [-0.15, -0.1) is 0 Å². The summed E-state index contributed by atoms with van der Waals surface area (Å²) in [5, 5.41) is 0. The molecule has 0 bridgehead atoms. The van der Waals surface area contributed by atoms with Crippen LogP contribution in [0.2, 0.25) is 0 Å². The Morgan fingerprint density at radius 1 is 0.647 bits per heavy atom. The molecule has 2 radical (unpaired) electrons. The van der Waals surface area contributed by atoms with E-state index in [1.165, 1.54) is 62.0 Å². The Bertz CT molecular complexity index is 913. The fraction of sp³-hybridized carbons (Fsp3) is 0.467. The molecule has 2 aliphatic carbocycles. The quantitative estimate of drug-likeness (QED) is 0.260. The summed E-state index contributed by atoms with van der Waals surface area (Å²) in [6.07, 6.45) is 0. The van der Waals surface area contributed by atoms with Gasteiger partial charge >= 0.3 is 115 Å². The number of ether oxygens (including phenoxy) is 1. The van der Waals surface area contributed by atoms with Crippen molar-refractivity contribution in [1.29, 1.82) is 0 Å². The summed E-state index contributed by atoms with van der Waals surface area (Å²) in [6, 6.07) is 3.99. The maximum absolute atomic E-state index is 5.31. The predicted octanol–water partition coefficient (Wildman–Crippen LogP) is 8.05. The normalized spacial score (nSPS) is 16.5. The first-order valence-corrected chi connectivity index (χ1v) is 12.9. The smallest absolute Gasteiger partial charge is 0.0589 e. The molecule has 1 aromatic rings. The van der Waals surface area contributed by atoms with E-state index in [0.717, 1.165) is 15.1 Å². The van der Waals surface area contributed by atoms with Crippen LogP contribution in [-0.4, -0.2) is 23.1 Å². The molecule has 0 saturated carbocycles. The molecule has 0 atom stereocenters. The average molecular weight is 578 g/mol. The van der Waals surface area contributed by atoms with Gasteiger partial charge in [-0.05, 0) is 77.7 Å². The minimum absolute atomic E-state index is 0. The standard InChI is InChI=1S/C10H14OSSe.2C10H15.Ti/c1-6(2)7-4-5-8(11-3)10(13)9(7)12;2*1-6-7(2)9(4)10(5)8(6)3;/h4-6,12-13H,1-3H3;2*1-5H3;/q;;;+2/p-2. The van der Waals surface area contributed by atoms with Gasteiger partial charge in [0.1, 0.15) is 0 Å². The van der Waals surface area contributed by atoms with Crippen LogP contribution in [0.4, 0.5) is 0 Å². The van der Waals surface area contributed by atoms with Gasteiger partial charge < -0.3 is 0 Å². The van der Waals surface area contributed by atoms with Gasteiger partial charge in [0, 0.05) is 11.8 Å². The zero-order chi connectivity index (χ0) is 25.8. The average Bonchev–Trinajstić information content (AvgIpc) is 3.06. The Kier molecular flexibility index (Phi) is 14.0. The van der Waals surface area contributed by atoms with E-state index in [4.69, 9.17) is 17.4 Å². The van der Waals surface area contributed by atoms with Crippen LogP contribution in [-0.2, 0) is 34.3 Å². The third-order valence-electron chi connectivity index (χ3n) is 7.57. The molecule has 0 spiro atoms. The SMILES string of the molecule is COc1ccc(C(C)C)c([S-])c1[Se-].C[C]1C(C)=C(C)C(C)=C1C.C[C]1C(C)=C(C)C(C)=C1C.[Ti+2]. The van der Waals surface area contributed by atoms with Crippen molar-refractivity contribution >= 4 is 33.1 Å². The Labute approximate surface area is 239 Å². The zero-order valence-corrected chi connectivity index (χ0v) is 27.5. The van der Waals surface area contributed by atoms with E-state index >= 15 is 0 Å². The van der Waals surface area contributed by atoms with E-state index in [1.807, 2.05) is 12.1 Å². The van der Waals surface area contributed by atoms with Crippen molar-refractivity contribution in [2.45, 2.75) is 93.9 Å². The zero-order valence-electron chi connectivity index (χ0n) is 23.5. The molecule has 0 amide bonds. The van der Waals surface area contributed by atoms with E-state index < -0.39 is 0 Å². The summed E-state index contributed by atoms with van der Waals surface area (Å²) in [6.45, 7) is 26.3. The molecule has 0 heterocycles. The summed E-state index contributed by atoms with van der Waals surface area (Å²) < 4.78 is 6.11. The number of rotatable bonds is 2. The van der Waals surface area contributed by atoms with Gasteiger partial charge in [0.15, 0.2) is 0 Å². The van der Waals surface area contributed by atoms with Crippen molar-refractivity contribution in [2.75, 3.05) is 7.11 Å². The fourth-order valence-electron chi connectivity index (χ4n) is 3.99. The second kappa shape index (κ2) is 14.2. The Balaban J connectivity index is 0.000000479. The summed E-state index contributed by atoms with van der Waals surface area (Å²) in [5.74, 6) is 4.23. The minimum atomic E-state index is 0. The number of benzene rings is 1. The van der Waals surface area contributed by atoms with Crippen molar-refractivity contribution in [3.05, 3.63) is 74.1 Å². The molecule has 0 fully saturated rings. The molecule has 1 nitrogen and oxygen atoms in total. The van der Waals surface area contributed by atoms with E-state index in [2.05, 4.69) is 99.1 Å². The molecular formula is C30H42OSSeTi. The molecule has 3 rings (SSSR count). The summed E-state index contributed by atoms with van der Waals surface area (Å²) in [5.41, 5.74) is 12.9. The molecular weight excluding hydrogens is 535 g/mol. The minimum Gasteiger partial charge on any atom is -0.0589 e. The monoisotopic (exact) mass is 578 g/mol. The maximum Gasteiger partial charge on any atom is 2.00 e.